The number of aromatic nitrogens is 1. The number of halogens is 2. The summed E-state index contributed by atoms with van der Waals surface area (Å²) in [6, 6.07) is 13.1. The maximum Gasteiger partial charge on any atom is 0.150 e. The van der Waals surface area contributed by atoms with Crippen molar-refractivity contribution in [3.63, 3.8) is 0 Å². The van der Waals surface area contributed by atoms with Gasteiger partial charge in [0.05, 0.1) is 6.54 Å². The highest BCUT2D eigenvalue weighted by atomic mass is 35.5. The monoisotopic (exact) mass is 303 g/mol. The van der Waals surface area contributed by atoms with E-state index in [0.717, 1.165) is 22.8 Å². The topological polar surface area (TPSA) is 22.0 Å². The highest BCUT2D eigenvalue weighted by molar-refractivity contribution is 6.36. The fraction of sp³-hybridized carbons (Fsp3) is 0.0625. The van der Waals surface area contributed by atoms with Gasteiger partial charge in [0.25, 0.3) is 0 Å². The molecular weight excluding hydrogens is 293 g/mol. The van der Waals surface area contributed by atoms with Gasteiger partial charge < -0.3 is 4.57 Å². The van der Waals surface area contributed by atoms with Crippen molar-refractivity contribution in [1.29, 1.82) is 0 Å². The largest absolute Gasteiger partial charge is 0.343 e. The van der Waals surface area contributed by atoms with Gasteiger partial charge in [-0.05, 0) is 29.7 Å². The van der Waals surface area contributed by atoms with Gasteiger partial charge >= 0.3 is 0 Å². The van der Waals surface area contributed by atoms with Crippen LogP contribution >= 0.6 is 23.2 Å². The third-order valence-electron chi connectivity index (χ3n) is 3.32. The van der Waals surface area contributed by atoms with Crippen LogP contribution < -0.4 is 0 Å². The molecule has 3 rings (SSSR count). The number of rotatable bonds is 3. The SMILES string of the molecule is O=Cc1ccc2ccn(Cc3c(Cl)cccc3Cl)c2c1. The molecule has 100 valence electrons. The second-order valence-corrected chi connectivity index (χ2v) is 5.39. The number of carbonyl (C=O) groups is 1. The van der Waals surface area contributed by atoms with E-state index in [2.05, 4.69) is 0 Å². The molecule has 0 aliphatic carbocycles. The summed E-state index contributed by atoms with van der Waals surface area (Å²) in [6.45, 7) is 0.574. The minimum atomic E-state index is 0.574. The lowest BCUT2D eigenvalue weighted by Gasteiger charge is -2.09. The van der Waals surface area contributed by atoms with Gasteiger partial charge in [-0.2, -0.15) is 0 Å². The summed E-state index contributed by atoms with van der Waals surface area (Å²) >= 11 is 12.4. The second-order valence-electron chi connectivity index (χ2n) is 4.58. The van der Waals surface area contributed by atoms with E-state index in [9.17, 15) is 4.79 Å². The van der Waals surface area contributed by atoms with Gasteiger partial charge in [-0.25, -0.2) is 0 Å². The lowest BCUT2D eigenvalue weighted by Crippen LogP contribution is -1.99. The van der Waals surface area contributed by atoms with E-state index < -0.39 is 0 Å². The number of hydrogen-bond donors (Lipinski definition) is 0. The van der Waals surface area contributed by atoms with Crippen molar-refractivity contribution in [1.82, 2.24) is 4.57 Å². The minimum absolute atomic E-state index is 0.574. The molecule has 0 spiro atoms. The maximum atomic E-state index is 10.9. The summed E-state index contributed by atoms with van der Waals surface area (Å²) in [7, 11) is 0. The second kappa shape index (κ2) is 5.31. The third-order valence-corrected chi connectivity index (χ3v) is 4.03. The van der Waals surface area contributed by atoms with Crippen molar-refractivity contribution >= 4 is 40.4 Å². The van der Waals surface area contributed by atoms with E-state index in [-0.39, 0.29) is 0 Å². The lowest BCUT2D eigenvalue weighted by molar-refractivity contribution is 0.112. The Morgan fingerprint density at radius 3 is 2.50 bits per heavy atom. The van der Waals surface area contributed by atoms with Gasteiger partial charge in [-0.3, -0.25) is 4.79 Å². The number of aldehydes is 1. The third kappa shape index (κ3) is 2.33. The lowest BCUT2D eigenvalue weighted by atomic mass is 10.2. The van der Waals surface area contributed by atoms with E-state index in [0.29, 0.717) is 22.2 Å². The Hall–Kier alpha value is -1.77. The van der Waals surface area contributed by atoms with Crippen LogP contribution in [0.15, 0.2) is 48.7 Å². The van der Waals surface area contributed by atoms with E-state index in [1.165, 1.54) is 0 Å². The molecule has 0 saturated heterocycles. The summed E-state index contributed by atoms with van der Waals surface area (Å²) in [5.41, 5.74) is 2.53. The van der Waals surface area contributed by atoms with E-state index in [4.69, 9.17) is 23.2 Å². The number of carbonyl (C=O) groups excluding carboxylic acids is 1. The van der Waals surface area contributed by atoms with E-state index >= 15 is 0 Å². The van der Waals surface area contributed by atoms with Crippen LogP contribution in [0.25, 0.3) is 10.9 Å². The van der Waals surface area contributed by atoms with Crippen LogP contribution in [0.3, 0.4) is 0 Å². The molecule has 0 atom stereocenters. The minimum Gasteiger partial charge on any atom is -0.343 e. The molecule has 4 heteroatoms. The highest BCUT2D eigenvalue weighted by Gasteiger charge is 2.08. The van der Waals surface area contributed by atoms with Crippen LogP contribution in [-0.2, 0) is 6.54 Å². The maximum absolute atomic E-state index is 10.9. The van der Waals surface area contributed by atoms with Gasteiger partial charge in [0.1, 0.15) is 6.29 Å². The van der Waals surface area contributed by atoms with Crippen molar-refractivity contribution in [2.24, 2.45) is 0 Å². The summed E-state index contributed by atoms with van der Waals surface area (Å²) in [4.78, 5) is 10.9. The summed E-state index contributed by atoms with van der Waals surface area (Å²) in [5, 5.41) is 2.37. The van der Waals surface area contributed by atoms with Crippen molar-refractivity contribution in [3.05, 3.63) is 69.8 Å². The molecule has 1 heterocycles. The summed E-state index contributed by atoms with van der Waals surface area (Å²) < 4.78 is 2.04. The molecule has 2 nitrogen and oxygen atoms in total. The molecule has 0 N–H and O–H groups in total. The van der Waals surface area contributed by atoms with Crippen LogP contribution in [0.2, 0.25) is 10.0 Å². The Morgan fingerprint density at radius 2 is 1.80 bits per heavy atom. The fourth-order valence-electron chi connectivity index (χ4n) is 2.27. The number of nitrogens with zero attached hydrogens (tertiary/aromatic N) is 1. The molecule has 2 aromatic carbocycles. The average molecular weight is 304 g/mol. The first-order valence-corrected chi connectivity index (χ1v) is 6.91. The van der Waals surface area contributed by atoms with Gasteiger partial charge in [-0.1, -0.05) is 41.4 Å². The van der Waals surface area contributed by atoms with E-state index in [1.807, 2.05) is 53.2 Å². The first-order chi connectivity index (χ1) is 9.69. The zero-order valence-corrected chi connectivity index (χ0v) is 12.0. The highest BCUT2D eigenvalue weighted by Crippen LogP contribution is 2.27. The smallest absolute Gasteiger partial charge is 0.150 e. The van der Waals surface area contributed by atoms with Gasteiger partial charge in [0.15, 0.2) is 0 Å². The Bertz CT molecular complexity index is 772. The molecule has 0 unspecified atom stereocenters. The van der Waals surface area contributed by atoms with Crippen LogP contribution in [0.1, 0.15) is 15.9 Å². The molecular formula is C16H11Cl2NO. The molecule has 0 fully saturated rings. The van der Waals surface area contributed by atoms with Crippen LogP contribution in [-0.4, -0.2) is 10.9 Å². The standard InChI is InChI=1S/C16H11Cl2NO/c17-14-2-1-3-15(18)13(14)9-19-7-6-12-5-4-11(10-20)8-16(12)19/h1-8,10H,9H2. The van der Waals surface area contributed by atoms with Crippen molar-refractivity contribution in [2.45, 2.75) is 6.54 Å². The van der Waals surface area contributed by atoms with Crippen molar-refractivity contribution in [2.75, 3.05) is 0 Å². The molecule has 0 bridgehead atoms. The Balaban J connectivity index is 2.09. The Morgan fingerprint density at radius 1 is 1.05 bits per heavy atom. The average Bonchev–Trinajstić information content (AvgIpc) is 2.85. The molecule has 0 saturated carbocycles. The van der Waals surface area contributed by atoms with E-state index in [1.54, 1.807) is 0 Å². The molecule has 0 aliphatic heterocycles. The quantitative estimate of drug-likeness (QED) is 0.636. The van der Waals surface area contributed by atoms with Gasteiger partial charge in [-0.15, -0.1) is 0 Å². The van der Waals surface area contributed by atoms with Crippen LogP contribution in [0, 0.1) is 0 Å². The molecule has 0 radical (unpaired) electrons. The van der Waals surface area contributed by atoms with Gasteiger partial charge in [0, 0.05) is 32.9 Å². The van der Waals surface area contributed by atoms with Gasteiger partial charge in [0.2, 0.25) is 0 Å². The number of hydrogen-bond acceptors (Lipinski definition) is 1. The normalized spacial score (nSPS) is 10.9. The number of benzene rings is 2. The van der Waals surface area contributed by atoms with Crippen molar-refractivity contribution < 1.29 is 4.79 Å². The Labute approximate surface area is 126 Å². The fourth-order valence-corrected chi connectivity index (χ4v) is 2.78. The first kappa shape index (κ1) is 13.2. The molecule has 0 amide bonds. The predicted molar refractivity (Wildman–Crippen MR) is 82.9 cm³/mol. The molecule has 3 aromatic rings. The summed E-state index contributed by atoms with van der Waals surface area (Å²) in [5.74, 6) is 0. The molecule has 0 aliphatic rings. The zero-order chi connectivity index (χ0) is 14.1. The van der Waals surface area contributed by atoms with Crippen LogP contribution in [0.5, 0.6) is 0 Å². The predicted octanol–water partition coefficient (Wildman–Crippen LogP) is 4.81. The zero-order valence-electron chi connectivity index (χ0n) is 10.5. The summed E-state index contributed by atoms with van der Waals surface area (Å²) in [6.07, 6.45) is 2.82. The number of fused-ring (bicyclic) bond motifs is 1. The first-order valence-electron chi connectivity index (χ1n) is 6.16. The van der Waals surface area contributed by atoms with Crippen LogP contribution in [0.4, 0.5) is 0 Å². The Kier molecular flexibility index (Phi) is 3.51. The van der Waals surface area contributed by atoms with Crippen molar-refractivity contribution in [3.8, 4) is 0 Å². The molecule has 20 heavy (non-hydrogen) atoms. The molecule has 1 aromatic heterocycles.